The van der Waals surface area contributed by atoms with Crippen molar-refractivity contribution in [3.8, 4) is 6.07 Å². The third kappa shape index (κ3) is 2.66. The van der Waals surface area contributed by atoms with E-state index in [1.165, 1.54) is 25.7 Å². The van der Waals surface area contributed by atoms with Gasteiger partial charge in [0.1, 0.15) is 17.8 Å². The second-order valence-corrected chi connectivity index (χ2v) is 6.59. The molecule has 1 saturated heterocycles. The molecule has 6 nitrogen and oxygen atoms in total. The number of aromatic nitrogens is 3. The van der Waals surface area contributed by atoms with Gasteiger partial charge in [0.2, 0.25) is 0 Å². The molecular weight excluding hydrogens is 288 g/mol. The minimum Gasteiger partial charge on any atom is -0.354 e. The summed E-state index contributed by atoms with van der Waals surface area (Å²) in [4.78, 5) is 16.7. The van der Waals surface area contributed by atoms with E-state index in [1.807, 2.05) is 12.3 Å². The Morgan fingerprint density at radius 2 is 2.13 bits per heavy atom. The summed E-state index contributed by atoms with van der Waals surface area (Å²) in [6.45, 7) is 2.50. The highest BCUT2D eigenvalue weighted by molar-refractivity contribution is 5.87. The molecule has 1 aliphatic carbocycles. The average molecular weight is 310 g/mol. The third-order valence-electron chi connectivity index (χ3n) is 5.31. The molecule has 2 fully saturated rings. The highest BCUT2D eigenvalue weighted by Gasteiger charge is 2.34. The second-order valence-electron chi connectivity index (χ2n) is 6.59. The van der Waals surface area contributed by atoms with Crippen molar-refractivity contribution >= 4 is 16.9 Å². The van der Waals surface area contributed by atoms with E-state index in [2.05, 4.69) is 30.8 Å². The Morgan fingerprint density at radius 3 is 2.96 bits per heavy atom. The molecule has 23 heavy (non-hydrogen) atoms. The van der Waals surface area contributed by atoms with Gasteiger partial charge in [-0.15, -0.1) is 0 Å². The number of fused-ring (bicyclic) bond motifs is 1. The van der Waals surface area contributed by atoms with Crippen molar-refractivity contribution in [2.45, 2.75) is 44.2 Å². The molecule has 2 aromatic heterocycles. The van der Waals surface area contributed by atoms with E-state index in [0.29, 0.717) is 18.6 Å². The van der Waals surface area contributed by atoms with Crippen molar-refractivity contribution in [1.82, 2.24) is 19.9 Å². The van der Waals surface area contributed by atoms with Crippen molar-refractivity contribution < 1.29 is 0 Å². The molecule has 1 saturated carbocycles. The van der Waals surface area contributed by atoms with Gasteiger partial charge in [0, 0.05) is 31.4 Å². The van der Waals surface area contributed by atoms with E-state index >= 15 is 0 Å². The summed E-state index contributed by atoms with van der Waals surface area (Å²) in [6, 6.07) is 5.48. The zero-order valence-corrected chi connectivity index (χ0v) is 13.3. The van der Waals surface area contributed by atoms with Crippen molar-refractivity contribution in [1.29, 1.82) is 5.26 Å². The Bertz CT molecular complexity index is 711. The molecule has 3 heterocycles. The fraction of sp³-hybridized carbons (Fsp3) is 0.588. The monoisotopic (exact) mass is 310 g/mol. The van der Waals surface area contributed by atoms with Crippen LogP contribution in [0.25, 0.3) is 11.0 Å². The van der Waals surface area contributed by atoms with E-state index in [0.717, 1.165) is 36.4 Å². The highest BCUT2D eigenvalue weighted by Crippen LogP contribution is 2.31. The van der Waals surface area contributed by atoms with Crippen LogP contribution in [0.5, 0.6) is 0 Å². The van der Waals surface area contributed by atoms with Crippen LogP contribution >= 0.6 is 0 Å². The summed E-state index contributed by atoms with van der Waals surface area (Å²) >= 11 is 0. The lowest BCUT2D eigenvalue weighted by Crippen LogP contribution is -2.43. The predicted molar refractivity (Wildman–Crippen MR) is 89.1 cm³/mol. The number of nitriles is 1. The van der Waals surface area contributed by atoms with E-state index < -0.39 is 0 Å². The Kier molecular flexibility index (Phi) is 3.88. The van der Waals surface area contributed by atoms with Gasteiger partial charge in [-0.05, 0) is 25.3 Å². The molecule has 0 radical (unpaired) electrons. The molecule has 0 bridgehead atoms. The topological polar surface area (TPSA) is 71.8 Å². The maximum Gasteiger partial charge on any atom is 0.142 e. The van der Waals surface area contributed by atoms with Gasteiger partial charge in [-0.3, -0.25) is 4.90 Å². The molecule has 0 spiro atoms. The number of aromatic amines is 1. The lowest BCUT2D eigenvalue weighted by atomic mass is 10.1. The number of anilines is 1. The molecule has 1 aliphatic heterocycles. The first-order valence-electron chi connectivity index (χ1n) is 8.52. The fourth-order valence-electron chi connectivity index (χ4n) is 4.19. The lowest BCUT2D eigenvalue weighted by molar-refractivity contribution is 0.166. The molecule has 2 aromatic rings. The van der Waals surface area contributed by atoms with Crippen LogP contribution in [0.3, 0.4) is 0 Å². The molecule has 120 valence electrons. The first-order valence-corrected chi connectivity index (χ1v) is 8.52. The number of hydrogen-bond acceptors (Lipinski definition) is 5. The number of nitrogens with zero attached hydrogens (tertiary/aromatic N) is 5. The van der Waals surface area contributed by atoms with Gasteiger partial charge in [0.05, 0.1) is 18.0 Å². The molecule has 1 atom stereocenters. The third-order valence-corrected chi connectivity index (χ3v) is 5.31. The standard InChI is InChI=1S/C17H22N6/c18-7-10-23(13-3-1-2-4-13)14-6-9-22(11-14)17-15-5-8-19-16(15)20-12-21-17/h5,8,12-14H,1-4,6,9-11H2,(H,19,20,21). The van der Waals surface area contributed by atoms with Gasteiger partial charge >= 0.3 is 0 Å². The van der Waals surface area contributed by atoms with Crippen molar-refractivity contribution in [2.24, 2.45) is 0 Å². The Morgan fingerprint density at radius 1 is 1.26 bits per heavy atom. The largest absolute Gasteiger partial charge is 0.354 e. The quantitative estimate of drug-likeness (QED) is 0.877. The van der Waals surface area contributed by atoms with Gasteiger partial charge in [-0.2, -0.15) is 5.26 Å². The van der Waals surface area contributed by atoms with E-state index in [-0.39, 0.29) is 0 Å². The zero-order valence-electron chi connectivity index (χ0n) is 13.3. The molecule has 2 aliphatic rings. The first-order chi connectivity index (χ1) is 11.4. The molecule has 0 aromatic carbocycles. The van der Waals surface area contributed by atoms with Crippen molar-refractivity contribution in [3.63, 3.8) is 0 Å². The minimum atomic E-state index is 0.460. The Labute approximate surface area is 136 Å². The first kappa shape index (κ1) is 14.5. The highest BCUT2D eigenvalue weighted by atomic mass is 15.3. The van der Waals surface area contributed by atoms with Crippen LogP contribution in [0.2, 0.25) is 0 Å². The maximum absolute atomic E-state index is 9.22. The molecule has 1 N–H and O–H groups in total. The number of H-pyrrole nitrogens is 1. The lowest BCUT2D eigenvalue weighted by Gasteiger charge is -2.32. The van der Waals surface area contributed by atoms with Crippen LogP contribution in [0.1, 0.15) is 32.1 Å². The molecule has 4 rings (SSSR count). The van der Waals surface area contributed by atoms with Crippen LogP contribution < -0.4 is 4.90 Å². The normalized spacial score (nSPS) is 22.3. The predicted octanol–water partition coefficient (Wildman–Crippen LogP) is 2.30. The summed E-state index contributed by atoms with van der Waals surface area (Å²) < 4.78 is 0. The summed E-state index contributed by atoms with van der Waals surface area (Å²) in [7, 11) is 0. The second kappa shape index (κ2) is 6.17. The summed E-state index contributed by atoms with van der Waals surface area (Å²) in [5.41, 5.74) is 0.892. The Hall–Kier alpha value is -2.13. The van der Waals surface area contributed by atoms with Crippen molar-refractivity contribution in [2.75, 3.05) is 24.5 Å². The van der Waals surface area contributed by atoms with Gasteiger partial charge in [0.25, 0.3) is 0 Å². The SMILES string of the molecule is N#CCN(C1CCCC1)C1CCN(c2ncnc3[nH]ccc23)C1. The minimum absolute atomic E-state index is 0.460. The van der Waals surface area contributed by atoms with E-state index in [4.69, 9.17) is 0 Å². The van der Waals surface area contributed by atoms with Crippen molar-refractivity contribution in [3.05, 3.63) is 18.6 Å². The Balaban J connectivity index is 1.54. The van der Waals surface area contributed by atoms with Crippen LogP contribution in [0.15, 0.2) is 18.6 Å². The van der Waals surface area contributed by atoms with Gasteiger partial charge in [0.15, 0.2) is 0 Å². The number of hydrogen-bond donors (Lipinski definition) is 1. The van der Waals surface area contributed by atoms with Crippen LogP contribution in [0, 0.1) is 11.3 Å². The number of nitrogens with one attached hydrogen (secondary N) is 1. The fourth-order valence-corrected chi connectivity index (χ4v) is 4.19. The van der Waals surface area contributed by atoms with Gasteiger partial charge in [-0.25, -0.2) is 9.97 Å². The zero-order chi connectivity index (χ0) is 15.6. The maximum atomic E-state index is 9.22. The molecule has 6 heteroatoms. The van der Waals surface area contributed by atoms with Crippen LogP contribution in [-0.4, -0.2) is 51.6 Å². The van der Waals surface area contributed by atoms with E-state index in [9.17, 15) is 5.26 Å². The van der Waals surface area contributed by atoms with Crippen LogP contribution in [0.4, 0.5) is 5.82 Å². The smallest absolute Gasteiger partial charge is 0.142 e. The average Bonchev–Trinajstić information content (AvgIpc) is 3.32. The van der Waals surface area contributed by atoms with Crippen LogP contribution in [-0.2, 0) is 0 Å². The summed E-state index contributed by atoms with van der Waals surface area (Å²) in [5, 5.41) is 10.3. The molecular formula is C17H22N6. The molecule has 0 amide bonds. The number of rotatable bonds is 4. The summed E-state index contributed by atoms with van der Waals surface area (Å²) in [6.07, 6.45) is 9.75. The summed E-state index contributed by atoms with van der Waals surface area (Å²) in [5.74, 6) is 1.02. The van der Waals surface area contributed by atoms with Gasteiger partial charge < -0.3 is 9.88 Å². The molecule has 1 unspecified atom stereocenters. The van der Waals surface area contributed by atoms with E-state index in [1.54, 1.807) is 6.33 Å². The van der Waals surface area contributed by atoms with Gasteiger partial charge in [-0.1, -0.05) is 12.8 Å².